The molecule has 1 unspecified atom stereocenters. The van der Waals surface area contributed by atoms with Gasteiger partial charge in [-0.05, 0) is 0 Å². The minimum Gasteiger partial charge on any atom is -0.370 e. The van der Waals surface area contributed by atoms with Crippen molar-refractivity contribution in [3.8, 4) is 0 Å². The number of rotatable bonds is 4. The number of carbonyl (C=O) groups excluding carboxylic acids is 3. The van der Waals surface area contributed by atoms with E-state index in [1.807, 2.05) is 0 Å². The van der Waals surface area contributed by atoms with Crippen LogP contribution in [0.2, 0.25) is 0 Å². The van der Waals surface area contributed by atoms with Gasteiger partial charge in [0, 0.05) is 25.6 Å². The van der Waals surface area contributed by atoms with Crippen LogP contribution in [0, 0.1) is 0 Å². The molecule has 0 radical (unpaired) electrons. The molecule has 2 N–H and O–H groups in total. The van der Waals surface area contributed by atoms with Gasteiger partial charge in [-0.2, -0.15) is 0 Å². The fourth-order valence-corrected chi connectivity index (χ4v) is 2.32. The van der Waals surface area contributed by atoms with E-state index in [4.69, 9.17) is 5.73 Å². The molecule has 0 aromatic heterocycles. The van der Waals surface area contributed by atoms with Crippen molar-refractivity contribution < 1.29 is 14.4 Å². The van der Waals surface area contributed by atoms with E-state index in [1.54, 1.807) is 0 Å². The first-order valence-corrected chi connectivity index (χ1v) is 5.27. The first-order valence-electron chi connectivity index (χ1n) is 4.22. The van der Waals surface area contributed by atoms with Gasteiger partial charge in [0.2, 0.25) is 17.7 Å². The molecule has 1 fully saturated rings. The lowest BCUT2D eigenvalue weighted by Gasteiger charge is -2.07. The monoisotopic (exact) mass is 216 g/mol. The predicted octanol–water partition coefficient (Wildman–Crippen LogP) is -0.648. The SMILES string of the molecule is CN1C(=O)CC(SCCC(N)=O)C1=O. The maximum absolute atomic E-state index is 11.4. The van der Waals surface area contributed by atoms with Gasteiger partial charge >= 0.3 is 0 Å². The quantitative estimate of drug-likeness (QED) is 0.633. The highest BCUT2D eigenvalue weighted by molar-refractivity contribution is 8.00. The van der Waals surface area contributed by atoms with Crippen LogP contribution in [0.25, 0.3) is 0 Å². The average molecular weight is 216 g/mol. The van der Waals surface area contributed by atoms with Crippen LogP contribution in [-0.2, 0) is 14.4 Å². The van der Waals surface area contributed by atoms with Crippen molar-refractivity contribution in [2.24, 2.45) is 5.73 Å². The fourth-order valence-electron chi connectivity index (χ4n) is 1.15. The Labute approximate surface area is 86.0 Å². The van der Waals surface area contributed by atoms with Gasteiger partial charge < -0.3 is 5.73 Å². The number of thioether (sulfide) groups is 1. The molecule has 0 aromatic carbocycles. The summed E-state index contributed by atoms with van der Waals surface area (Å²) in [5.41, 5.74) is 4.95. The molecule has 1 rings (SSSR count). The first kappa shape index (κ1) is 11.0. The molecule has 0 spiro atoms. The Morgan fingerprint density at radius 1 is 1.64 bits per heavy atom. The number of imide groups is 1. The number of hydrogen-bond acceptors (Lipinski definition) is 4. The van der Waals surface area contributed by atoms with E-state index in [-0.39, 0.29) is 35.8 Å². The Morgan fingerprint density at radius 3 is 2.71 bits per heavy atom. The molecule has 0 saturated carbocycles. The van der Waals surface area contributed by atoms with E-state index in [9.17, 15) is 14.4 Å². The number of amides is 3. The highest BCUT2D eigenvalue weighted by Gasteiger charge is 2.35. The van der Waals surface area contributed by atoms with Crippen molar-refractivity contribution in [2.45, 2.75) is 18.1 Å². The normalized spacial score (nSPS) is 21.8. The van der Waals surface area contributed by atoms with Gasteiger partial charge in [-0.15, -0.1) is 11.8 Å². The van der Waals surface area contributed by atoms with Crippen LogP contribution >= 0.6 is 11.8 Å². The second kappa shape index (κ2) is 4.45. The molecule has 0 aromatic rings. The second-order valence-electron chi connectivity index (χ2n) is 3.07. The molecule has 78 valence electrons. The van der Waals surface area contributed by atoms with Gasteiger partial charge in [0.25, 0.3) is 0 Å². The lowest BCUT2D eigenvalue weighted by atomic mass is 10.4. The van der Waals surface area contributed by atoms with Gasteiger partial charge in [0.15, 0.2) is 0 Å². The van der Waals surface area contributed by atoms with E-state index in [2.05, 4.69) is 0 Å². The molecule has 0 aliphatic carbocycles. The van der Waals surface area contributed by atoms with Crippen molar-refractivity contribution in [1.82, 2.24) is 4.90 Å². The highest BCUT2D eigenvalue weighted by atomic mass is 32.2. The van der Waals surface area contributed by atoms with Crippen LogP contribution in [0.1, 0.15) is 12.8 Å². The fraction of sp³-hybridized carbons (Fsp3) is 0.625. The summed E-state index contributed by atoms with van der Waals surface area (Å²) in [4.78, 5) is 34.0. The summed E-state index contributed by atoms with van der Waals surface area (Å²) in [6, 6.07) is 0. The number of nitrogens with two attached hydrogens (primary N) is 1. The minimum atomic E-state index is -0.386. The van der Waals surface area contributed by atoms with E-state index >= 15 is 0 Å². The van der Waals surface area contributed by atoms with Gasteiger partial charge in [-0.3, -0.25) is 19.3 Å². The highest BCUT2D eigenvalue weighted by Crippen LogP contribution is 2.24. The largest absolute Gasteiger partial charge is 0.370 e. The molecule has 1 saturated heterocycles. The van der Waals surface area contributed by atoms with Crippen LogP contribution in [0.3, 0.4) is 0 Å². The summed E-state index contributed by atoms with van der Waals surface area (Å²) in [5, 5.41) is -0.327. The Hall–Kier alpha value is -1.04. The standard InChI is InChI=1S/C8H12N2O3S/c1-10-7(12)4-5(8(10)13)14-3-2-6(9)11/h5H,2-4H2,1H3,(H2,9,11). The molecule has 1 aliphatic heterocycles. The second-order valence-corrected chi connectivity index (χ2v) is 4.38. The van der Waals surface area contributed by atoms with Gasteiger partial charge in [-0.1, -0.05) is 0 Å². The van der Waals surface area contributed by atoms with E-state index in [0.717, 1.165) is 4.90 Å². The Kier molecular flexibility index (Phi) is 3.51. The van der Waals surface area contributed by atoms with E-state index in [0.29, 0.717) is 5.75 Å². The third-order valence-electron chi connectivity index (χ3n) is 2.01. The molecule has 0 bridgehead atoms. The molecule has 1 aliphatic rings. The summed E-state index contributed by atoms with van der Waals surface area (Å²) >= 11 is 1.32. The lowest BCUT2D eigenvalue weighted by Crippen LogP contribution is -2.26. The molecule has 1 atom stereocenters. The van der Waals surface area contributed by atoms with E-state index in [1.165, 1.54) is 18.8 Å². The third kappa shape index (κ3) is 2.47. The zero-order valence-corrected chi connectivity index (χ0v) is 8.67. The van der Waals surface area contributed by atoms with Crippen LogP contribution in [0.4, 0.5) is 0 Å². The average Bonchev–Trinajstić information content (AvgIpc) is 2.33. The number of nitrogens with zero attached hydrogens (tertiary/aromatic N) is 1. The van der Waals surface area contributed by atoms with Crippen LogP contribution in [-0.4, -0.2) is 40.7 Å². The maximum Gasteiger partial charge on any atom is 0.242 e. The van der Waals surface area contributed by atoms with Gasteiger partial charge in [-0.25, -0.2) is 0 Å². The summed E-state index contributed by atoms with van der Waals surface area (Å²) < 4.78 is 0. The van der Waals surface area contributed by atoms with Crippen molar-refractivity contribution in [3.05, 3.63) is 0 Å². The summed E-state index contributed by atoms with van der Waals surface area (Å²) in [6.07, 6.45) is 0.477. The molecular formula is C8H12N2O3S. The number of carbonyl (C=O) groups is 3. The zero-order valence-electron chi connectivity index (χ0n) is 7.86. The molecule has 14 heavy (non-hydrogen) atoms. The Morgan fingerprint density at radius 2 is 2.29 bits per heavy atom. The Balaban J connectivity index is 2.36. The number of likely N-dealkylation sites (tertiary alicyclic amines) is 1. The molecule has 1 heterocycles. The molecule has 3 amide bonds. The van der Waals surface area contributed by atoms with Crippen LogP contribution < -0.4 is 5.73 Å². The van der Waals surface area contributed by atoms with Crippen LogP contribution in [0.15, 0.2) is 0 Å². The zero-order chi connectivity index (χ0) is 10.7. The van der Waals surface area contributed by atoms with Crippen molar-refractivity contribution in [1.29, 1.82) is 0 Å². The lowest BCUT2D eigenvalue weighted by molar-refractivity contribution is -0.136. The van der Waals surface area contributed by atoms with E-state index < -0.39 is 0 Å². The van der Waals surface area contributed by atoms with Crippen molar-refractivity contribution in [3.63, 3.8) is 0 Å². The maximum atomic E-state index is 11.4. The molecular weight excluding hydrogens is 204 g/mol. The Bertz CT molecular complexity index is 280. The number of hydrogen-bond donors (Lipinski definition) is 1. The third-order valence-corrected chi connectivity index (χ3v) is 3.22. The predicted molar refractivity (Wildman–Crippen MR) is 52.5 cm³/mol. The smallest absolute Gasteiger partial charge is 0.242 e. The molecule has 5 nitrogen and oxygen atoms in total. The van der Waals surface area contributed by atoms with Crippen LogP contribution in [0.5, 0.6) is 0 Å². The topological polar surface area (TPSA) is 80.5 Å². The molecule has 6 heteroatoms. The summed E-state index contributed by atoms with van der Waals surface area (Å²) in [5.74, 6) is -0.231. The number of primary amides is 1. The first-order chi connectivity index (χ1) is 6.52. The summed E-state index contributed by atoms with van der Waals surface area (Å²) in [7, 11) is 1.47. The van der Waals surface area contributed by atoms with Crippen molar-refractivity contribution in [2.75, 3.05) is 12.8 Å². The van der Waals surface area contributed by atoms with Crippen molar-refractivity contribution >= 4 is 29.5 Å². The van der Waals surface area contributed by atoms with Gasteiger partial charge in [0.1, 0.15) is 0 Å². The summed E-state index contributed by atoms with van der Waals surface area (Å²) in [6.45, 7) is 0. The van der Waals surface area contributed by atoms with Gasteiger partial charge in [0.05, 0.1) is 5.25 Å². The minimum absolute atomic E-state index is 0.161.